The Morgan fingerprint density at radius 1 is 1.00 bits per heavy atom. The second-order valence-electron chi connectivity index (χ2n) is 4.84. The predicted octanol–water partition coefficient (Wildman–Crippen LogP) is 3.64. The van der Waals surface area contributed by atoms with Gasteiger partial charge in [0.15, 0.2) is 0 Å². The summed E-state index contributed by atoms with van der Waals surface area (Å²) in [6.07, 6.45) is 0.614. The Hall–Kier alpha value is -2.62. The molecule has 4 nitrogen and oxygen atoms in total. The van der Waals surface area contributed by atoms with E-state index in [4.69, 9.17) is 9.15 Å². The zero-order chi connectivity index (χ0) is 14.7. The first-order valence-corrected chi connectivity index (χ1v) is 6.77. The van der Waals surface area contributed by atoms with E-state index < -0.39 is 0 Å². The topological polar surface area (TPSA) is 48.2 Å². The van der Waals surface area contributed by atoms with Gasteiger partial charge in [0.2, 0.25) is 11.8 Å². The molecule has 0 saturated heterocycles. The summed E-state index contributed by atoms with van der Waals surface area (Å²) in [5.74, 6) is 2.01. The molecule has 21 heavy (non-hydrogen) atoms. The molecule has 3 aromatic rings. The van der Waals surface area contributed by atoms with Crippen LogP contribution in [-0.4, -0.2) is 17.3 Å². The van der Waals surface area contributed by atoms with Gasteiger partial charge >= 0.3 is 0 Å². The maximum absolute atomic E-state index is 5.76. The van der Waals surface area contributed by atoms with Crippen molar-refractivity contribution >= 4 is 0 Å². The van der Waals surface area contributed by atoms with Crippen molar-refractivity contribution in [2.75, 3.05) is 7.11 Å². The second kappa shape index (κ2) is 5.79. The molecule has 0 atom stereocenters. The molecule has 1 heterocycles. The number of nitrogens with zero attached hydrogens (tertiary/aromatic N) is 2. The van der Waals surface area contributed by atoms with Gasteiger partial charge in [-0.1, -0.05) is 30.3 Å². The third-order valence-electron chi connectivity index (χ3n) is 3.36. The van der Waals surface area contributed by atoms with Crippen LogP contribution in [0.5, 0.6) is 5.75 Å². The fourth-order valence-corrected chi connectivity index (χ4v) is 2.16. The minimum absolute atomic E-state index is 0.566. The fourth-order valence-electron chi connectivity index (χ4n) is 2.16. The van der Waals surface area contributed by atoms with E-state index in [0.29, 0.717) is 18.2 Å². The summed E-state index contributed by atoms with van der Waals surface area (Å²) < 4.78 is 10.9. The normalized spacial score (nSPS) is 10.6. The van der Waals surface area contributed by atoms with E-state index >= 15 is 0 Å². The van der Waals surface area contributed by atoms with Gasteiger partial charge in [0.25, 0.3) is 0 Å². The summed E-state index contributed by atoms with van der Waals surface area (Å²) in [5.41, 5.74) is 3.21. The van der Waals surface area contributed by atoms with Gasteiger partial charge in [0.05, 0.1) is 13.5 Å². The summed E-state index contributed by atoms with van der Waals surface area (Å²) in [7, 11) is 1.65. The molecule has 106 valence electrons. The number of aryl methyl sites for hydroxylation is 1. The van der Waals surface area contributed by atoms with E-state index in [9.17, 15) is 0 Å². The highest BCUT2D eigenvalue weighted by atomic mass is 16.5. The molecule has 0 bridgehead atoms. The quantitative estimate of drug-likeness (QED) is 0.732. The van der Waals surface area contributed by atoms with Gasteiger partial charge in [0, 0.05) is 5.56 Å². The van der Waals surface area contributed by atoms with Crippen LogP contribution < -0.4 is 4.74 Å². The van der Waals surface area contributed by atoms with Crippen LogP contribution in [0, 0.1) is 6.92 Å². The molecule has 0 saturated carbocycles. The first-order chi connectivity index (χ1) is 10.3. The van der Waals surface area contributed by atoms with E-state index in [1.807, 2.05) is 55.5 Å². The average molecular weight is 280 g/mol. The van der Waals surface area contributed by atoms with Crippen molar-refractivity contribution in [3.8, 4) is 17.2 Å². The minimum atomic E-state index is 0.566. The van der Waals surface area contributed by atoms with Gasteiger partial charge in [0.1, 0.15) is 5.75 Å². The van der Waals surface area contributed by atoms with E-state index in [2.05, 4.69) is 10.2 Å². The smallest absolute Gasteiger partial charge is 0.248 e. The molecule has 0 amide bonds. The summed E-state index contributed by atoms with van der Waals surface area (Å²) >= 11 is 0. The van der Waals surface area contributed by atoms with Crippen LogP contribution in [0.4, 0.5) is 0 Å². The van der Waals surface area contributed by atoms with E-state index in [1.165, 1.54) is 0 Å². The van der Waals surface area contributed by atoms with Crippen LogP contribution in [0.15, 0.2) is 52.9 Å². The van der Waals surface area contributed by atoms with E-state index in [-0.39, 0.29) is 0 Å². The number of hydrogen-bond acceptors (Lipinski definition) is 4. The molecule has 0 radical (unpaired) electrons. The highest BCUT2D eigenvalue weighted by molar-refractivity contribution is 5.57. The lowest BCUT2D eigenvalue weighted by Crippen LogP contribution is -1.89. The first-order valence-electron chi connectivity index (χ1n) is 6.77. The molecular formula is C17H16N2O2. The molecule has 1 aromatic heterocycles. The van der Waals surface area contributed by atoms with Gasteiger partial charge in [-0.15, -0.1) is 10.2 Å². The van der Waals surface area contributed by atoms with Gasteiger partial charge in [-0.05, 0) is 36.2 Å². The van der Waals surface area contributed by atoms with Crippen molar-refractivity contribution in [3.63, 3.8) is 0 Å². The Morgan fingerprint density at radius 2 is 1.76 bits per heavy atom. The summed E-state index contributed by atoms with van der Waals surface area (Å²) in [4.78, 5) is 0. The number of hydrogen-bond donors (Lipinski definition) is 0. The molecule has 0 spiro atoms. The molecule has 0 unspecified atom stereocenters. The fraction of sp³-hybridized carbons (Fsp3) is 0.176. The highest BCUT2D eigenvalue weighted by Gasteiger charge is 2.10. The lowest BCUT2D eigenvalue weighted by molar-refractivity contribution is 0.414. The van der Waals surface area contributed by atoms with Crippen molar-refractivity contribution in [1.82, 2.24) is 10.2 Å². The van der Waals surface area contributed by atoms with Crippen molar-refractivity contribution in [1.29, 1.82) is 0 Å². The first kappa shape index (κ1) is 13.4. The van der Waals surface area contributed by atoms with Gasteiger partial charge in [-0.2, -0.15) is 0 Å². The standard InChI is InChI=1S/C17H16N2O2/c1-12-5-3-4-6-15(12)17-19-18-16(21-17)11-13-7-9-14(20-2)10-8-13/h3-10H,11H2,1-2H3. The van der Waals surface area contributed by atoms with Crippen LogP contribution in [-0.2, 0) is 6.42 Å². The average Bonchev–Trinajstić information content (AvgIpc) is 2.97. The van der Waals surface area contributed by atoms with E-state index in [0.717, 1.165) is 22.4 Å². The number of ether oxygens (including phenoxy) is 1. The molecule has 0 N–H and O–H groups in total. The zero-order valence-electron chi connectivity index (χ0n) is 12.0. The molecule has 0 fully saturated rings. The lowest BCUT2D eigenvalue weighted by Gasteiger charge is -2.01. The molecule has 2 aromatic carbocycles. The van der Waals surface area contributed by atoms with Crippen LogP contribution in [0.25, 0.3) is 11.5 Å². The number of methoxy groups -OCH3 is 1. The maximum atomic E-state index is 5.76. The Bertz CT molecular complexity index is 733. The largest absolute Gasteiger partial charge is 0.497 e. The molecule has 0 aliphatic carbocycles. The van der Waals surface area contributed by atoms with Crippen molar-refractivity contribution < 1.29 is 9.15 Å². The Morgan fingerprint density at radius 3 is 2.48 bits per heavy atom. The van der Waals surface area contributed by atoms with Crippen LogP contribution in [0.3, 0.4) is 0 Å². The summed E-state index contributed by atoms with van der Waals surface area (Å²) in [6.45, 7) is 2.03. The molecule has 0 aliphatic heterocycles. The third kappa shape index (κ3) is 2.94. The summed E-state index contributed by atoms with van der Waals surface area (Å²) in [6, 6.07) is 15.8. The van der Waals surface area contributed by atoms with Crippen LogP contribution >= 0.6 is 0 Å². The molecule has 3 rings (SSSR count). The Balaban J connectivity index is 1.80. The van der Waals surface area contributed by atoms with Gasteiger partial charge < -0.3 is 9.15 Å². The minimum Gasteiger partial charge on any atom is -0.497 e. The summed E-state index contributed by atoms with van der Waals surface area (Å²) in [5, 5.41) is 8.26. The maximum Gasteiger partial charge on any atom is 0.248 e. The second-order valence-corrected chi connectivity index (χ2v) is 4.84. The van der Waals surface area contributed by atoms with Gasteiger partial charge in [-0.25, -0.2) is 0 Å². The van der Waals surface area contributed by atoms with Crippen LogP contribution in [0.1, 0.15) is 17.0 Å². The Labute approximate surface area is 123 Å². The lowest BCUT2D eigenvalue weighted by atomic mass is 10.1. The predicted molar refractivity (Wildman–Crippen MR) is 80.3 cm³/mol. The van der Waals surface area contributed by atoms with Crippen LogP contribution in [0.2, 0.25) is 0 Å². The Kier molecular flexibility index (Phi) is 3.69. The zero-order valence-corrected chi connectivity index (χ0v) is 12.0. The number of aromatic nitrogens is 2. The number of rotatable bonds is 4. The molecular weight excluding hydrogens is 264 g/mol. The SMILES string of the molecule is COc1ccc(Cc2nnc(-c3ccccc3C)o2)cc1. The van der Waals surface area contributed by atoms with Crippen molar-refractivity contribution in [2.24, 2.45) is 0 Å². The molecule has 0 aliphatic rings. The third-order valence-corrected chi connectivity index (χ3v) is 3.36. The highest BCUT2D eigenvalue weighted by Crippen LogP contribution is 2.22. The van der Waals surface area contributed by atoms with Crippen molar-refractivity contribution in [2.45, 2.75) is 13.3 Å². The monoisotopic (exact) mass is 280 g/mol. The van der Waals surface area contributed by atoms with Gasteiger partial charge in [-0.3, -0.25) is 0 Å². The number of benzene rings is 2. The molecule has 4 heteroatoms. The van der Waals surface area contributed by atoms with E-state index in [1.54, 1.807) is 7.11 Å². The van der Waals surface area contributed by atoms with Crippen molar-refractivity contribution in [3.05, 3.63) is 65.5 Å².